The summed E-state index contributed by atoms with van der Waals surface area (Å²) in [6, 6.07) is 7.57. The number of carbonyl (C=O) groups excluding carboxylic acids is 1. The van der Waals surface area contributed by atoms with E-state index in [9.17, 15) is 4.79 Å². The number of carbonyl (C=O) groups is 1. The Bertz CT molecular complexity index is 968. The number of amides is 1. The van der Waals surface area contributed by atoms with Crippen molar-refractivity contribution in [2.45, 2.75) is 13.3 Å². The number of hydrogen-bond acceptors (Lipinski definition) is 7. The Morgan fingerprint density at radius 2 is 2.12 bits per heavy atom. The highest BCUT2D eigenvalue weighted by atomic mass is 32.1. The quantitative estimate of drug-likeness (QED) is 0.668. The minimum atomic E-state index is 0.0183. The normalized spacial score (nSPS) is 12.6. The van der Waals surface area contributed by atoms with E-state index < -0.39 is 0 Å². The van der Waals surface area contributed by atoms with Gasteiger partial charge >= 0.3 is 0 Å². The molecule has 0 fully saturated rings. The molecule has 3 aromatic rings. The van der Waals surface area contributed by atoms with Gasteiger partial charge in [-0.2, -0.15) is 0 Å². The first-order valence-corrected chi connectivity index (χ1v) is 8.62. The van der Waals surface area contributed by atoms with Crippen LogP contribution in [0.2, 0.25) is 0 Å². The predicted octanol–water partition coefficient (Wildman–Crippen LogP) is 3.19. The third-order valence-electron chi connectivity index (χ3n) is 3.90. The molecule has 0 atom stereocenters. The number of rotatable bonds is 4. The fourth-order valence-corrected chi connectivity index (χ4v) is 3.50. The molecule has 4 rings (SSSR count). The van der Waals surface area contributed by atoms with Gasteiger partial charge in [0.2, 0.25) is 11.9 Å². The molecule has 0 saturated carbocycles. The van der Waals surface area contributed by atoms with E-state index in [-0.39, 0.29) is 5.91 Å². The molecule has 1 amide bonds. The molecule has 0 spiro atoms. The van der Waals surface area contributed by atoms with Crippen LogP contribution in [0.25, 0.3) is 11.4 Å². The van der Waals surface area contributed by atoms with Crippen LogP contribution in [0.1, 0.15) is 10.4 Å². The number of thiazole rings is 1. The van der Waals surface area contributed by atoms with Crippen LogP contribution in [0.15, 0.2) is 30.5 Å². The largest absolute Gasteiger partial charge is 0.365 e. The molecule has 0 aliphatic carbocycles. The van der Waals surface area contributed by atoms with E-state index in [1.807, 2.05) is 38.2 Å². The first-order valence-electron chi connectivity index (χ1n) is 7.81. The van der Waals surface area contributed by atoms with Crippen molar-refractivity contribution in [3.63, 3.8) is 0 Å². The lowest BCUT2D eigenvalue weighted by molar-refractivity contribution is -0.115. The Kier molecular flexibility index (Phi) is 3.81. The highest BCUT2D eigenvalue weighted by Gasteiger charge is 2.18. The summed E-state index contributed by atoms with van der Waals surface area (Å²) in [4.78, 5) is 25.9. The molecule has 1 aliphatic rings. The molecule has 1 aromatic carbocycles. The zero-order valence-electron chi connectivity index (χ0n) is 13.8. The van der Waals surface area contributed by atoms with E-state index in [2.05, 4.69) is 30.9 Å². The van der Waals surface area contributed by atoms with Crippen LogP contribution in [0.5, 0.6) is 0 Å². The molecule has 0 radical (unpaired) electrons. The lowest BCUT2D eigenvalue weighted by atomic mass is 10.1. The van der Waals surface area contributed by atoms with Gasteiger partial charge in [0.25, 0.3) is 0 Å². The highest BCUT2D eigenvalue weighted by Crippen LogP contribution is 2.30. The minimum Gasteiger partial charge on any atom is -0.365 e. The first-order chi connectivity index (χ1) is 12.1. The fraction of sp³-hybridized carbons (Fsp3) is 0.176. The number of hydrogen-bond donors (Lipinski definition) is 3. The second kappa shape index (κ2) is 6.14. The summed E-state index contributed by atoms with van der Waals surface area (Å²) < 4.78 is 0. The number of aryl methyl sites for hydroxylation is 1. The third-order valence-corrected chi connectivity index (χ3v) is 4.88. The zero-order chi connectivity index (χ0) is 17.4. The van der Waals surface area contributed by atoms with Crippen molar-refractivity contribution in [1.29, 1.82) is 0 Å². The second-order valence-electron chi connectivity index (χ2n) is 5.66. The summed E-state index contributed by atoms with van der Waals surface area (Å²) in [7, 11) is 1.85. The monoisotopic (exact) mass is 352 g/mol. The van der Waals surface area contributed by atoms with E-state index in [1.165, 1.54) is 0 Å². The minimum absolute atomic E-state index is 0.0183. The molecule has 3 N–H and O–H groups in total. The molecule has 0 saturated heterocycles. The average molecular weight is 352 g/mol. The molecule has 0 bridgehead atoms. The Morgan fingerprint density at radius 3 is 2.92 bits per heavy atom. The SMILES string of the molecule is CNc1nc(-c2ccnc(Nc3ccc4c(c3)CC(=O)N4)n2)c(C)s1. The van der Waals surface area contributed by atoms with Gasteiger partial charge in [-0.15, -0.1) is 11.3 Å². The van der Waals surface area contributed by atoms with Crippen LogP contribution in [0, 0.1) is 6.92 Å². The van der Waals surface area contributed by atoms with E-state index in [1.54, 1.807) is 17.5 Å². The van der Waals surface area contributed by atoms with Crippen molar-refractivity contribution < 1.29 is 4.79 Å². The molecule has 1 aliphatic heterocycles. The maximum atomic E-state index is 11.5. The maximum absolute atomic E-state index is 11.5. The maximum Gasteiger partial charge on any atom is 0.228 e. The molecule has 2 aromatic heterocycles. The zero-order valence-corrected chi connectivity index (χ0v) is 14.6. The van der Waals surface area contributed by atoms with Gasteiger partial charge in [-0.05, 0) is 36.8 Å². The molecule has 7 nitrogen and oxygen atoms in total. The van der Waals surface area contributed by atoms with E-state index in [0.29, 0.717) is 12.4 Å². The van der Waals surface area contributed by atoms with Gasteiger partial charge in [-0.25, -0.2) is 15.0 Å². The third kappa shape index (κ3) is 3.03. The summed E-state index contributed by atoms with van der Waals surface area (Å²) in [6.07, 6.45) is 2.11. The summed E-state index contributed by atoms with van der Waals surface area (Å²) in [5.74, 6) is 0.512. The van der Waals surface area contributed by atoms with E-state index in [4.69, 9.17) is 0 Å². The lowest BCUT2D eigenvalue weighted by Gasteiger charge is -2.07. The Morgan fingerprint density at radius 1 is 1.24 bits per heavy atom. The molecule has 25 heavy (non-hydrogen) atoms. The van der Waals surface area contributed by atoms with Crippen LogP contribution in [-0.2, 0) is 11.2 Å². The second-order valence-corrected chi connectivity index (χ2v) is 6.86. The van der Waals surface area contributed by atoms with Crippen LogP contribution < -0.4 is 16.0 Å². The summed E-state index contributed by atoms with van der Waals surface area (Å²) in [5.41, 5.74) is 4.30. The average Bonchev–Trinajstić information content (AvgIpc) is 3.16. The number of anilines is 4. The molecule has 126 valence electrons. The molecule has 0 unspecified atom stereocenters. The summed E-state index contributed by atoms with van der Waals surface area (Å²) in [6.45, 7) is 2.02. The number of aromatic nitrogens is 3. The molecular weight excluding hydrogens is 336 g/mol. The Balaban J connectivity index is 1.61. The van der Waals surface area contributed by atoms with Crippen molar-refractivity contribution in [2.75, 3.05) is 23.0 Å². The number of nitrogens with one attached hydrogen (secondary N) is 3. The summed E-state index contributed by atoms with van der Waals surface area (Å²) in [5, 5.41) is 9.93. The van der Waals surface area contributed by atoms with Crippen molar-refractivity contribution in [3.05, 3.63) is 40.9 Å². The van der Waals surface area contributed by atoms with Crippen LogP contribution >= 0.6 is 11.3 Å². The number of fused-ring (bicyclic) bond motifs is 1. The van der Waals surface area contributed by atoms with E-state index >= 15 is 0 Å². The standard InChI is InChI=1S/C17H16N6OS/c1-9-15(23-17(18-2)25-9)13-5-6-19-16(22-13)20-11-3-4-12-10(7-11)8-14(24)21-12/h3-7H,8H2,1-2H3,(H,18,23)(H,21,24)(H,19,20,22). The van der Waals surface area contributed by atoms with E-state index in [0.717, 1.165) is 38.3 Å². The first kappa shape index (κ1) is 15.5. The van der Waals surface area contributed by atoms with Crippen molar-refractivity contribution in [2.24, 2.45) is 0 Å². The fourth-order valence-electron chi connectivity index (χ4n) is 2.73. The van der Waals surface area contributed by atoms with Gasteiger partial charge in [-0.3, -0.25) is 4.79 Å². The Hall–Kier alpha value is -3.00. The Labute approximate surface area is 148 Å². The number of benzene rings is 1. The van der Waals surface area contributed by atoms with Gasteiger partial charge in [0.05, 0.1) is 12.1 Å². The van der Waals surface area contributed by atoms with Crippen LogP contribution in [-0.4, -0.2) is 27.9 Å². The van der Waals surface area contributed by atoms with Crippen molar-refractivity contribution in [1.82, 2.24) is 15.0 Å². The number of nitrogens with zero attached hydrogens (tertiary/aromatic N) is 3. The molecule has 3 heterocycles. The molecular formula is C17H16N6OS. The lowest BCUT2D eigenvalue weighted by Crippen LogP contribution is -2.03. The smallest absolute Gasteiger partial charge is 0.228 e. The molecule has 8 heteroatoms. The van der Waals surface area contributed by atoms with Crippen molar-refractivity contribution >= 4 is 39.7 Å². The predicted molar refractivity (Wildman–Crippen MR) is 99.5 cm³/mol. The van der Waals surface area contributed by atoms with Gasteiger partial charge in [0.15, 0.2) is 5.13 Å². The van der Waals surface area contributed by atoms with Crippen LogP contribution in [0.3, 0.4) is 0 Å². The highest BCUT2D eigenvalue weighted by molar-refractivity contribution is 7.15. The van der Waals surface area contributed by atoms with Gasteiger partial charge in [0, 0.05) is 29.5 Å². The van der Waals surface area contributed by atoms with Gasteiger partial charge in [0.1, 0.15) is 5.69 Å². The topological polar surface area (TPSA) is 91.8 Å². The van der Waals surface area contributed by atoms with Gasteiger partial charge < -0.3 is 16.0 Å². The summed E-state index contributed by atoms with van der Waals surface area (Å²) >= 11 is 1.59. The van der Waals surface area contributed by atoms with Crippen molar-refractivity contribution in [3.8, 4) is 11.4 Å². The van der Waals surface area contributed by atoms with Gasteiger partial charge in [-0.1, -0.05) is 0 Å². The van der Waals surface area contributed by atoms with Crippen LogP contribution in [0.4, 0.5) is 22.5 Å².